The lowest BCUT2D eigenvalue weighted by atomic mass is 9.94. The van der Waals surface area contributed by atoms with E-state index in [0.29, 0.717) is 22.1 Å². The molecular formula is C14H19ClO3. The van der Waals surface area contributed by atoms with Gasteiger partial charge in [0.1, 0.15) is 10.8 Å². The van der Waals surface area contributed by atoms with Crippen LogP contribution in [0.5, 0.6) is 11.5 Å². The molecule has 0 heterocycles. The maximum Gasteiger partial charge on any atom is 0.169 e. The predicted octanol–water partition coefficient (Wildman–Crippen LogP) is 3.98. The van der Waals surface area contributed by atoms with Gasteiger partial charge in [0.15, 0.2) is 11.5 Å². The van der Waals surface area contributed by atoms with E-state index in [2.05, 4.69) is 6.92 Å². The molecule has 18 heavy (non-hydrogen) atoms. The monoisotopic (exact) mass is 270 g/mol. The quantitative estimate of drug-likeness (QED) is 0.734. The number of Topliss-reactive ketones (excluding diaryl/α,β-unsaturated/α-hetero) is 1. The van der Waals surface area contributed by atoms with Crippen LogP contribution in [0.2, 0.25) is 5.02 Å². The highest BCUT2D eigenvalue weighted by Crippen LogP contribution is 2.38. The Balaban J connectivity index is 3.17. The van der Waals surface area contributed by atoms with Crippen LogP contribution in [-0.2, 0) is 0 Å². The van der Waals surface area contributed by atoms with E-state index in [0.717, 1.165) is 12.8 Å². The fourth-order valence-corrected chi connectivity index (χ4v) is 2.24. The number of ketones is 1. The van der Waals surface area contributed by atoms with E-state index in [1.54, 1.807) is 12.1 Å². The molecule has 100 valence electrons. The predicted molar refractivity (Wildman–Crippen MR) is 73.0 cm³/mol. The topological polar surface area (TPSA) is 35.5 Å². The number of benzene rings is 1. The van der Waals surface area contributed by atoms with Gasteiger partial charge in [0, 0.05) is 5.92 Å². The average Bonchev–Trinajstić information content (AvgIpc) is 2.37. The van der Waals surface area contributed by atoms with Crippen molar-refractivity contribution in [3.63, 3.8) is 0 Å². The fourth-order valence-electron chi connectivity index (χ4n) is 1.92. The zero-order valence-corrected chi connectivity index (χ0v) is 12.0. The molecule has 0 aliphatic heterocycles. The number of carbonyl (C=O) groups excluding carboxylic acids is 1. The summed E-state index contributed by atoms with van der Waals surface area (Å²) in [5.41, 5.74) is 0.518. The van der Waals surface area contributed by atoms with Gasteiger partial charge in [0.25, 0.3) is 0 Å². The molecular weight excluding hydrogens is 252 g/mol. The maximum absolute atomic E-state index is 12.3. The number of hydrogen-bond donors (Lipinski definition) is 0. The molecule has 0 fully saturated rings. The van der Waals surface area contributed by atoms with Gasteiger partial charge in [-0.1, -0.05) is 31.9 Å². The zero-order valence-electron chi connectivity index (χ0n) is 11.2. The van der Waals surface area contributed by atoms with Gasteiger partial charge in [0.2, 0.25) is 0 Å². The average molecular weight is 271 g/mol. The zero-order chi connectivity index (χ0) is 13.7. The lowest BCUT2D eigenvalue weighted by molar-refractivity contribution is 0.0920. The third-order valence-corrected chi connectivity index (χ3v) is 3.28. The summed E-state index contributed by atoms with van der Waals surface area (Å²) >= 11 is 6.14. The molecule has 0 aliphatic carbocycles. The molecule has 1 unspecified atom stereocenters. The number of methoxy groups -OCH3 is 2. The van der Waals surface area contributed by atoms with Crippen LogP contribution < -0.4 is 9.47 Å². The normalized spacial score (nSPS) is 12.1. The molecule has 0 radical (unpaired) electrons. The van der Waals surface area contributed by atoms with E-state index in [1.807, 2.05) is 6.92 Å². The highest BCUT2D eigenvalue weighted by atomic mass is 35.5. The second kappa shape index (κ2) is 6.64. The van der Waals surface area contributed by atoms with E-state index in [4.69, 9.17) is 21.1 Å². The lowest BCUT2D eigenvalue weighted by Crippen LogP contribution is -2.12. The summed E-state index contributed by atoms with van der Waals surface area (Å²) in [7, 11) is 3.03. The Hall–Kier alpha value is -1.22. The molecule has 4 heteroatoms. The largest absolute Gasteiger partial charge is 0.495 e. The summed E-state index contributed by atoms with van der Waals surface area (Å²) in [5.74, 6) is 0.920. The van der Waals surface area contributed by atoms with Gasteiger partial charge in [-0.3, -0.25) is 4.79 Å². The summed E-state index contributed by atoms with van der Waals surface area (Å²) in [6, 6.07) is 3.40. The first kappa shape index (κ1) is 14.8. The Labute approximate surface area is 113 Å². The first-order chi connectivity index (χ1) is 8.56. The van der Waals surface area contributed by atoms with E-state index >= 15 is 0 Å². The van der Waals surface area contributed by atoms with Gasteiger partial charge in [-0.2, -0.15) is 0 Å². The standard InChI is InChI=1S/C14H19ClO3/c1-5-6-9(2)13(16)10-7-8-11(17-3)12(15)14(10)18-4/h7-9H,5-6H2,1-4H3. The van der Waals surface area contributed by atoms with E-state index < -0.39 is 0 Å². The third kappa shape index (κ3) is 2.96. The molecule has 0 N–H and O–H groups in total. The number of carbonyl (C=O) groups is 1. The van der Waals surface area contributed by atoms with Gasteiger partial charge in [0.05, 0.1) is 19.8 Å². The van der Waals surface area contributed by atoms with Crippen molar-refractivity contribution in [1.82, 2.24) is 0 Å². The highest BCUT2D eigenvalue weighted by molar-refractivity contribution is 6.34. The summed E-state index contributed by atoms with van der Waals surface area (Å²) in [6.45, 7) is 3.98. The van der Waals surface area contributed by atoms with Crippen LogP contribution in [0.15, 0.2) is 12.1 Å². The summed E-state index contributed by atoms with van der Waals surface area (Å²) in [6.07, 6.45) is 1.82. The minimum absolute atomic E-state index is 0.0339. The van der Waals surface area contributed by atoms with Crippen LogP contribution >= 0.6 is 11.6 Å². The van der Waals surface area contributed by atoms with Crippen molar-refractivity contribution in [2.24, 2.45) is 5.92 Å². The molecule has 0 spiro atoms. The van der Waals surface area contributed by atoms with Crippen LogP contribution in [0.1, 0.15) is 37.0 Å². The smallest absolute Gasteiger partial charge is 0.169 e. The first-order valence-corrected chi connectivity index (χ1v) is 6.39. The lowest BCUT2D eigenvalue weighted by Gasteiger charge is -2.15. The van der Waals surface area contributed by atoms with Crippen LogP contribution in [0.25, 0.3) is 0 Å². The second-order valence-corrected chi connectivity index (χ2v) is 4.59. The Bertz CT molecular complexity index is 429. The minimum Gasteiger partial charge on any atom is -0.495 e. The van der Waals surface area contributed by atoms with Crippen molar-refractivity contribution in [3.8, 4) is 11.5 Å². The molecule has 0 aromatic heterocycles. The number of rotatable bonds is 6. The van der Waals surface area contributed by atoms with Gasteiger partial charge in [-0.25, -0.2) is 0 Å². The van der Waals surface area contributed by atoms with Crippen molar-refractivity contribution >= 4 is 17.4 Å². The SMILES string of the molecule is CCCC(C)C(=O)c1ccc(OC)c(Cl)c1OC. The van der Waals surface area contributed by atoms with E-state index in [9.17, 15) is 4.79 Å². The maximum atomic E-state index is 12.3. The number of halogens is 1. The van der Waals surface area contributed by atoms with Gasteiger partial charge in [-0.15, -0.1) is 0 Å². The molecule has 1 rings (SSSR count). The minimum atomic E-state index is -0.0339. The van der Waals surface area contributed by atoms with Crippen molar-refractivity contribution < 1.29 is 14.3 Å². The molecule has 0 bridgehead atoms. The van der Waals surface area contributed by atoms with Crippen LogP contribution in [0, 0.1) is 5.92 Å². The first-order valence-electron chi connectivity index (χ1n) is 6.01. The second-order valence-electron chi connectivity index (χ2n) is 4.22. The molecule has 0 saturated heterocycles. The van der Waals surface area contributed by atoms with Crippen molar-refractivity contribution in [2.45, 2.75) is 26.7 Å². The Morgan fingerprint density at radius 2 is 2.00 bits per heavy atom. The Morgan fingerprint density at radius 1 is 1.33 bits per heavy atom. The molecule has 1 aromatic carbocycles. The van der Waals surface area contributed by atoms with Gasteiger partial charge < -0.3 is 9.47 Å². The van der Waals surface area contributed by atoms with Crippen molar-refractivity contribution in [1.29, 1.82) is 0 Å². The molecule has 0 amide bonds. The van der Waals surface area contributed by atoms with E-state index in [1.165, 1.54) is 14.2 Å². The van der Waals surface area contributed by atoms with E-state index in [-0.39, 0.29) is 11.7 Å². The molecule has 1 aromatic rings. The molecule has 3 nitrogen and oxygen atoms in total. The number of hydrogen-bond acceptors (Lipinski definition) is 3. The van der Waals surface area contributed by atoms with Gasteiger partial charge in [-0.05, 0) is 18.6 Å². The Morgan fingerprint density at radius 3 is 2.50 bits per heavy atom. The summed E-state index contributed by atoms with van der Waals surface area (Å²) < 4.78 is 10.3. The van der Waals surface area contributed by atoms with Crippen LogP contribution in [0.4, 0.5) is 0 Å². The van der Waals surface area contributed by atoms with Crippen molar-refractivity contribution in [3.05, 3.63) is 22.7 Å². The highest BCUT2D eigenvalue weighted by Gasteiger charge is 2.22. The molecule has 0 saturated carbocycles. The van der Waals surface area contributed by atoms with Crippen LogP contribution in [-0.4, -0.2) is 20.0 Å². The van der Waals surface area contributed by atoms with Crippen LogP contribution in [0.3, 0.4) is 0 Å². The molecule has 1 atom stereocenters. The third-order valence-electron chi connectivity index (χ3n) is 2.92. The summed E-state index contributed by atoms with van der Waals surface area (Å²) in [5, 5.41) is 0.342. The fraction of sp³-hybridized carbons (Fsp3) is 0.500. The van der Waals surface area contributed by atoms with Crippen molar-refractivity contribution in [2.75, 3.05) is 14.2 Å². The summed E-state index contributed by atoms with van der Waals surface area (Å²) in [4.78, 5) is 12.3. The number of ether oxygens (including phenoxy) is 2. The van der Waals surface area contributed by atoms with Gasteiger partial charge >= 0.3 is 0 Å². The Kier molecular flexibility index (Phi) is 5.48. The molecule has 0 aliphatic rings.